The average molecular weight is 347 g/mol. The van der Waals surface area contributed by atoms with E-state index in [1.807, 2.05) is 44.2 Å². The van der Waals surface area contributed by atoms with Crippen molar-refractivity contribution in [1.82, 2.24) is 4.72 Å². The molecule has 1 N–H and O–H groups in total. The van der Waals surface area contributed by atoms with Crippen LogP contribution in [0.15, 0.2) is 53.4 Å². The normalized spacial score (nSPS) is 14.4. The van der Waals surface area contributed by atoms with Crippen molar-refractivity contribution in [3.63, 3.8) is 0 Å². The zero-order chi connectivity index (χ0) is 17.2. The molecule has 1 aliphatic rings. The van der Waals surface area contributed by atoms with Crippen LogP contribution in [0.2, 0.25) is 0 Å². The smallest absolute Gasteiger partial charge is 0.240 e. The monoisotopic (exact) mass is 347 g/mol. The molecule has 1 aliphatic heterocycles. The fourth-order valence-electron chi connectivity index (χ4n) is 2.54. The van der Waals surface area contributed by atoms with E-state index in [4.69, 9.17) is 9.47 Å². The molecule has 6 heteroatoms. The summed E-state index contributed by atoms with van der Waals surface area (Å²) in [5.41, 5.74) is 0.761. The van der Waals surface area contributed by atoms with Crippen molar-refractivity contribution in [3.8, 4) is 11.5 Å². The Balaban J connectivity index is 1.77. The molecule has 0 saturated carbocycles. The summed E-state index contributed by atoms with van der Waals surface area (Å²) in [7, 11) is -3.62. The van der Waals surface area contributed by atoms with Crippen molar-refractivity contribution in [2.24, 2.45) is 0 Å². The maximum atomic E-state index is 12.6. The van der Waals surface area contributed by atoms with E-state index in [9.17, 15) is 8.42 Å². The summed E-state index contributed by atoms with van der Waals surface area (Å²) in [6.07, 6.45) is 0. The summed E-state index contributed by atoms with van der Waals surface area (Å²) < 4.78 is 38.8. The van der Waals surface area contributed by atoms with Crippen molar-refractivity contribution in [3.05, 3.63) is 54.1 Å². The molecule has 0 aromatic heterocycles. The molecule has 2 aromatic rings. The first-order chi connectivity index (χ1) is 11.4. The van der Waals surface area contributed by atoms with Crippen molar-refractivity contribution < 1.29 is 17.9 Å². The van der Waals surface area contributed by atoms with Gasteiger partial charge in [-0.3, -0.25) is 0 Å². The van der Waals surface area contributed by atoms with Crippen LogP contribution in [-0.4, -0.2) is 28.2 Å². The lowest BCUT2D eigenvalue weighted by Gasteiger charge is -2.25. The van der Waals surface area contributed by atoms with Crippen molar-refractivity contribution >= 4 is 10.0 Å². The van der Waals surface area contributed by atoms with Gasteiger partial charge in [0, 0.05) is 18.0 Å². The van der Waals surface area contributed by atoms with Crippen LogP contribution in [0.3, 0.4) is 0 Å². The maximum absolute atomic E-state index is 12.6. The van der Waals surface area contributed by atoms with Gasteiger partial charge in [0.05, 0.1) is 4.90 Å². The number of nitrogens with one attached hydrogen (secondary N) is 1. The molecule has 0 saturated heterocycles. The maximum Gasteiger partial charge on any atom is 0.240 e. The highest BCUT2D eigenvalue weighted by molar-refractivity contribution is 7.89. The molecule has 0 amide bonds. The van der Waals surface area contributed by atoms with E-state index in [1.54, 1.807) is 6.07 Å². The third-order valence-corrected chi connectivity index (χ3v) is 5.48. The molecule has 3 rings (SSSR count). The summed E-state index contributed by atoms with van der Waals surface area (Å²) >= 11 is 0. The van der Waals surface area contributed by atoms with Crippen LogP contribution in [0.1, 0.15) is 19.4 Å². The first-order valence-electron chi connectivity index (χ1n) is 7.83. The van der Waals surface area contributed by atoms with Crippen LogP contribution in [-0.2, 0) is 15.4 Å². The second-order valence-electron chi connectivity index (χ2n) is 6.38. The van der Waals surface area contributed by atoms with Crippen LogP contribution in [0, 0.1) is 0 Å². The molecule has 0 unspecified atom stereocenters. The standard InChI is InChI=1S/C18H21NO4S/c1-18(2,14-6-4-3-5-7-14)13-19-24(20,21)15-8-9-16-17(12-15)23-11-10-22-16/h3-9,12,19H,10-11,13H2,1-2H3. The minimum absolute atomic E-state index is 0.176. The Hall–Kier alpha value is -2.05. The summed E-state index contributed by atoms with van der Waals surface area (Å²) in [6.45, 7) is 5.21. The third kappa shape index (κ3) is 3.55. The molecule has 24 heavy (non-hydrogen) atoms. The lowest BCUT2D eigenvalue weighted by molar-refractivity contribution is 0.171. The summed E-state index contributed by atoms with van der Waals surface area (Å²) in [5, 5.41) is 0. The summed E-state index contributed by atoms with van der Waals surface area (Å²) in [4.78, 5) is 0.176. The number of hydrogen-bond acceptors (Lipinski definition) is 4. The van der Waals surface area contributed by atoms with Gasteiger partial charge in [-0.25, -0.2) is 13.1 Å². The van der Waals surface area contributed by atoms with Crippen LogP contribution < -0.4 is 14.2 Å². The summed E-state index contributed by atoms with van der Waals surface area (Å²) in [6, 6.07) is 14.5. The van der Waals surface area contributed by atoms with Crippen LogP contribution in [0.5, 0.6) is 11.5 Å². The Morgan fingerprint density at radius 3 is 2.38 bits per heavy atom. The lowest BCUT2D eigenvalue weighted by Crippen LogP contribution is -2.36. The predicted molar refractivity (Wildman–Crippen MR) is 92.1 cm³/mol. The zero-order valence-corrected chi connectivity index (χ0v) is 14.6. The molecule has 0 bridgehead atoms. The zero-order valence-electron chi connectivity index (χ0n) is 13.8. The third-order valence-electron chi connectivity index (χ3n) is 4.08. The van der Waals surface area contributed by atoms with E-state index in [0.29, 0.717) is 31.3 Å². The van der Waals surface area contributed by atoms with E-state index < -0.39 is 10.0 Å². The van der Waals surface area contributed by atoms with E-state index in [2.05, 4.69) is 4.72 Å². The molecular weight excluding hydrogens is 326 g/mol. The fraction of sp³-hybridized carbons (Fsp3) is 0.333. The number of ether oxygens (including phenoxy) is 2. The quantitative estimate of drug-likeness (QED) is 0.903. The summed E-state index contributed by atoms with van der Waals surface area (Å²) in [5.74, 6) is 1.04. The van der Waals surface area contributed by atoms with Gasteiger partial charge in [0.15, 0.2) is 11.5 Å². The number of hydrogen-bond donors (Lipinski definition) is 1. The Morgan fingerprint density at radius 2 is 1.67 bits per heavy atom. The Morgan fingerprint density at radius 1 is 1.00 bits per heavy atom. The highest BCUT2D eigenvalue weighted by Crippen LogP contribution is 2.32. The van der Waals surface area contributed by atoms with Crippen molar-refractivity contribution in [2.45, 2.75) is 24.2 Å². The number of sulfonamides is 1. The highest BCUT2D eigenvalue weighted by atomic mass is 32.2. The van der Waals surface area contributed by atoms with Gasteiger partial charge in [0.25, 0.3) is 0 Å². The Kier molecular flexibility index (Phi) is 4.51. The minimum atomic E-state index is -3.62. The molecule has 128 valence electrons. The molecule has 0 spiro atoms. The predicted octanol–water partition coefficient (Wildman–Crippen LogP) is 2.71. The largest absolute Gasteiger partial charge is 0.486 e. The van der Waals surface area contributed by atoms with Gasteiger partial charge < -0.3 is 9.47 Å². The van der Waals surface area contributed by atoms with Gasteiger partial charge in [0.2, 0.25) is 10.0 Å². The van der Waals surface area contributed by atoms with Gasteiger partial charge in [-0.05, 0) is 17.7 Å². The molecule has 5 nitrogen and oxygen atoms in total. The van der Waals surface area contributed by atoms with Gasteiger partial charge in [-0.2, -0.15) is 0 Å². The lowest BCUT2D eigenvalue weighted by atomic mass is 9.85. The topological polar surface area (TPSA) is 64.6 Å². The Bertz CT molecular complexity index is 816. The molecule has 2 aromatic carbocycles. The van der Waals surface area contributed by atoms with E-state index in [-0.39, 0.29) is 10.3 Å². The molecule has 0 atom stereocenters. The van der Waals surface area contributed by atoms with Gasteiger partial charge >= 0.3 is 0 Å². The van der Waals surface area contributed by atoms with Crippen LogP contribution >= 0.6 is 0 Å². The molecule has 1 heterocycles. The van der Waals surface area contributed by atoms with Crippen molar-refractivity contribution in [1.29, 1.82) is 0 Å². The molecule has 0 fully saturated rings. The number of fused-ring (bicyclic) bond motifs is 1. The van der Waals surface area contributed by atoms with Gasteiger partial charge in [0.1, 0.15) is 13.2 Å². The average Bonchev–Trinajstić information content (AvgIpc) is 2.60. The number of benzene rings is 2. The van der Waals surface area contributed by atoms with E-state index >= 15 is 0 Å². The number of rotatable bonds is 5. The molecular formula is C18H21NO4S. The fourth-order valence-corrected chi connectivity index (χ4v) is 3.77. The van der Waals surface area contributed by atoms with Crippen LogP contribution in [0.4, 0.5) is 0 Å². The molecule has 0 radical (unpaired) electrons. The highest BCUT2D eigenvalue weighted by Gasteiger charge is 2.25. The van der Waals surface area contributed by atoms with Crippen LogP contribution in [0.25, 0.3) is 0 Å². The second kappa shape index (κ2) is 6.45. The van der Waals surface area contributed by atoms with E-state index in [0.717, 1.165) is 5.56 Å². The van der Waals surface area contributed by atoms with Gasteiger partial charge in [-0.1, -0.05) is 44.2 Å². The molecule has 0 aliphatic carbocycles. The first kappa shape index (κ1) is 16.8. The first-order valence-corrected chi connectivity index (χ1v) is 9.32. The SMILES string of the molecule is CC(C)(CNS(=O)(=O)c1ccc2c(c1)OCCO2)c1ccccc1. The second-order valence-corrected chi connectivity index (χ2v) is 8.15. The van der Waals surface area contributed by atoms with Gasteiger partial charge in [-0.15, -0.1) is 0 Å². The van der Waals surface area contributed by atoms with Crippen molar-refractivity contribution in [2.75, 3.05) is 19.8 Å². The van der Waals surface area contributed by atoms with E-state index in [1.165, 1.54) is 12.1 Å². The minimum Gasteiger partial charge on any atom is -0.486 e. The Labute approximate surface area is 142 Å².